The fraction of sp³-hybridized carbons (Fsp3) is 0.917. The molecule has 0 aromatic rings. The van der Waals surface area contributed by atoms with Gasteiger partial charge in [0.2, 0.25) is 5.91 Å². The third kappa shape index (κ3) is 4.48. The largest absolute Gasteiger partial charge is 0.379 e. The van der Waals surface area contributed by atoms with E-state index in [1.54, 1.807) is 0 Å². The SMILES string of the molecule is O=C(NCCN1CCOCC1)C1CCCCS1. The zero-order chi connectivity index (χ0) is 11.9. The Hall–Kier alpha value is -0.260. The molecule has 1 N–H and O–H groups in total. The average Bonchev–Trinajstić information content (AvgIpc) is 2.41. The number of amides is 1. The molecule has 2 saturated heterocycles. The molecular formula is C12H22N2O2S. The number of morpholine rings is 1. The van der Waals surface area contributed by atoms with Gasteiger partial charge in [0.15, 0.2) is 0 Å². The first-order valence-electron chi connectivity index (χ1n) is 6.56. The van der Waals surface area contributed by atoms with Gasteiger partial charge in [-0.1, -0.05) is 6.42 Å². The molecule has 2 fully saturated rings. The first kappa shape index (κ1) is 13.2. The normalized spacial score (nSPS) is 26.7. The lowest BCUT2D eigenvalue weighted by atomic mass is 10.2. The summed E-state index contributed by atoms with van der Waals surface area (Å²) >= 11 is 1.81. The standard InChI is InChI=1S/C12H22N2O2S/c15-12(11-3-1-2-10-17-11)13-4-5-14-6-8-16-9-7-14/h11H,1-10H2,(H,13,15). The van der Waals surface area contributed by atoms with Crippen molar-refractivity contribution in [3.8, 4) is 0 Å². The Morgan fingerprint density at radius 3 is 2.88 bits per heavy atom. The molecule has 98 valence electrons. The van der Waals surface area contributed by atoms with E-state index in [1.165, 1.54) is 12.8 Å². The number of hydrogen-bond acceptors (Lipinski definition) is 4. The summed E-state index contributed by atoms with van der Waals surface area (Å²) in [5.74, 6) is 1.38. The molecule has 4 nitrogen and oxygen atoms in total. The van der Waals surface area contributed by atoms with Crippen molar-refractivity contribution in [2.45, 2.75) is 24.5 Å². The third-order valence-corrected chi connectivity index (χ3v) is 4.68. The number of ether oxygens (including phenoxy) is 1. The number of rotatable bonds is 4. The first-order valence-corrected chi connectivity index (χ1v) is 7.60. The maximum Gasteiger partial charge on any atom is 0.233 e. The molecule has 0 saturated carbocycles. The predicted molar refractivity (Wildman–Crippen MR) is 70.4 cm³/mol. The van der Waals surface area contributed by atoms with Crippen LogP contribution in [0, 0.1) is 0 Å². The van der Waals surface area contributed by atoms with Gasteiger partial charge in [0.25, 0.3) is 0 Å². The van der Waals surface area contributed by atoms with E-state index in [2.05, 4.69) is 10.2 Å². The zero-order valence-corrected chi connectivity index (χ0v) is 11.1. The van der Waals surface area contributed by atoms with Crippen LogP contribution in [0.2, 0.25) is 0 Å². The summed E-state index contributed by atoms with van der Waals surface area (Å²) in [6, 6.07) is 0. The molecule has 1 atom stereocenters. The highest BCUT2D eigenvalue weighted by atomic mass is 32.2. The molecule has 0 spiro atoms. The van der Waals surface area contributed by atoms with E-state index in [0.717, 1.165) is 51.6 Å². The molecular weight excluding hydrogens is 236 g/mol. The van der Waals surface area contributed by atoms with Crippen LogP contribution in [0.3, 0.4) is 0 Å². The van der Waals surface area contributed by atoms with Gasteiger partial charge in [-0.3, -0.25) is 9.69 Å². The number of nitrogens with zero attached hydrogens (tertiary/aromatic N) is 1. The second-order valence-corrected chi connectivity index (χ2v) is 5.91. The smallest absolute Gasteiger partial charge is 0.233 e. The number of thioether (sulfide) groups is 1. The molecule has 1 unspecified atom stereocenters. The molecule has 2 aliphatic heterocycles. The topological polar surface area (TPSA) is 41.6 Å². The molecule has 0 aliphatic carbocycles. The van der Waals surface area contributed by atoms with Crippen molar-refractivity contribution in [1.29, 1.82) is 0 Å². The maximum atomic E-state index is 11.9. The van der Waals surface area contributed by atoms with Gasteiger partial charge >= 0.3 is 0 Å². The molecule has 2 aliphatic rings. The Labute approximate surface area is 107 Å². The molecule has 2 heterocycles. The summed E-state index contributed by atoms with van der Waals surface area (Å²) in [5, 5.41) is 3.26. The van der Waals surface area contributed by atoms with E-state index in [9.17, 15) is 4.79 Å². The van der Waals surface area contributed by atoms with Crippen LogP contribution in [0.25, 0.3) is 0 Å². The maximum absolute atomic E-state index is 11.9. The van der Waals surface area contributed by atoms with E-state index in [4.69, 9.17) is 4.74 Å². The van der Waals surface area contributed by atoms with Gasteiger partial charge in [0.1, 0.15) is 0 Å². The summed E-state index contributed by atoms with van der Waals surface area (Å²) in [7, 11) is 0. The van der Waals surface area contributed by atoms with Crippen molar-refractivity contribution in [2.24, 2.45) is 0 Å². The summed E-state index contributed by atoms with van der Waals surface area (Å²) in [6.07, 6.45) is 3.52. The van der Waals surface area contributed by atoms with Gasteiger partial charge < -0.3 is 10.1 Å². The molecule has 5 heteroatoms. The Morgan fingerprint density at radius 1 is 1.35 bits per heavy atom. The van der Waals surface area contributed by atoms with Crippen molar-refractivity contribution in [3.63, 3.8) is 0 Å². The Bertz CT molecular complexity index is 239. The van der Waals surface area contributed by atoms with Gasteiger partial charge in [-0.05, 0) is 18.6 Å². The van der Waals surface area contributed by atoms with E-state index in [-0.39, 0.29) is 11.2 Å². The lowest BCUT2D eigenvalue weighted by Crippen LogP contribution is -2.43. The number of carbonyl (C=O) groups excluding carboxylic acids is 1. The molecule has 0 aromatic heterocycles. The molecule has 17 heavy (non-hydrogen) atoms. The summed E-state index contributed by atoms with van der Waals surface area (Å²) in [5.41, 5.74) is 0. The van der Waals surface area contributed by atoms with Crippen molar-refractivity contribution >= 4 is 17.7 Å². The van der Waals surface area contributed by atoms with Crippen LogP contribution < -0.4 is 5.32 Å². The van der Waals surface area contributed by atoms with Crippen molar-refractivity contribution in [2.75, 3.05) is 45.1 Å². The first-order chi connectivity index (χ1) is 8.36. The highest BCUT2D eigenvalue weighted by Gasteiger charge is 2.21. The van der Waals surface area contributed by atoms with E-state index in [0.29, 0.717) is 0 Å². The minimum Gasteiger partial charge on any atom is -0.379 e. The lowest BCUT2D eigenvalue weighted by Gasteiger charge is -2.27. The fourth-order valence-electron chi connectivity index (χ4n) is 2.22. The van der Waals surface area contributed by atoms with Gasteiger partial charge in [-0.2, -0.15) is 0 Å². The summed E-state index contributed by atoms with van der Waals surface area (Å²) in [6.45, 7) is 5.36. The highest BCUT2D eigenvalue weighted by Crippen LogP contribution is 2.24. The van der Waals surface area contributed by atoms with Gasteiger partial charge in [-0.15, -0.1) is 11.8 Å². The second-order valence-electron chi connectivity index (χ2n) is 4.60. The number of hydrogen-bond donors (Lipinski definition) is 1. The number of carbonyl (C=O) groups is 1. The van der Waals surface area contributed by atoms with Crippen molar-refractivity contribution in [1.82, 2.24) is 10.2 Å². The molecule has 2 rings (SSSR count). The summed E-state index contributed by atoms with van der Waals surface area (Å²) < 4.78 is 5.29. The van der Waals surface area contributed by atoms with Crippen LogP contribution in [0.5, 0.6) is 0 Å². The van der Waals surface area contributed by atoms with E-state index >= 15 is 0 Å². The predicted octanol–water partition coefficient (Wildman–Crippen LogP) is 0.720. The van der Waals surface area contributed by atoms with Crippen molar-refractivity contribution < 1.29 is 9.53 Å². The fourth-order valence-corrected chi connectivity index (χ4v) is 3.45. The average molecular weight is 258 g/mol. The monoisotopic (exact) mass is 258 g/mol. The van der Waals surface area contributed by atoms with Crippen LogP contribution in [-0.4, -0.2) is 61.2 Å². The quantitative estimate of drug-likeness (QED) is 0.807. The summed E-state index contributed by atoms with van der Waals surface area (Å²) in [4.78, 5) is 14.2. The molecule has 0 bridgehead atoms. The van der Waals surface area contributed by atoms with E-state index < -0.39 is 0 Å². The zero-order valence-electron chi connectivity index (χ0n) is 10.3. The number of nitrogens with one attached hydrogen (secondary N) is 1. The highest BCUT2D eigenvalue weighted by molar-refractivity contribution is 8.00. The van der Waals surface area contributed by atoms with Gasteiger partial charge in [-0.25, -0.2) is 0 Å². The van der Waals surface area contributed by atoms with Crippen molar-refractivity contribution in [3.05, 3.63) is 0 Å². The molecule has 0 aromatic carbocycles. The van der Waals surface area contributed by atoms with Gasteiger partial charge in [0.05, 0.1) is 18.5 Å². The molecule has 0 radical (unpaired) electrons. The van der Waals surface area contributed by atoms with Crippen LogP contribution in [0.1, 0.15) is 19.3 Å². The van der Waals surface area contributed by atoms with E-state index in [1.807, 2.05) is 11.8 Å². The van der Waals surface area contributed by atoms with Crippen LogP contribution in [-0.2, 0) is 9.53 Å². The Balaban J connectivity index is 1.58. The minimum absolute atomic E-state index is 0.202. The van der Waals surface area contributed by atoms with Gasteiger partial charge in [0, 0.05) is 26.2 Å². The van der Waals surface area contributed by atoms with Crippen LogP contribution in [0.15, 0.2) is 0 Å². The molecule has 1 amide bonds. The lowest BCUT2D eigenvalue weighted by molar-refractivity contribution is -0.120. The Kier molecular flexibility index (Phi) is 5.61. The Morgan fingerprint density at radius 2 is 2.18 bits per heavy atom. The minimum atomic E-state index is 0.202. The third-order valence-electron chi connectivity index (χ3n) is 3.30. The van der Waals surface area contributed by atoms with Crippen LogP contribution in [0.4, 0.5) is 0 Å². The second kappa shape index (κ2) is 7.24. The van der Waals surface area contributed by atoms with Crippen LogP contribution >= 0.6 is 11.8 Å².